The molecule has 0 radical (unpaired) electrons. The van der Waals surface area contributed by atoms with E-state index in [1.54, 1.807) is 6.07 Å². The molecule has 1 aliphatic rings. The number of rotatable bonds is 2. The zero-order valence-corrected chi connectivity index (χ0v) is 12.0. The molecule has 0 unspecified atom stereocenters. The molecule has 0 spiro atoms. The second-order valence-electron chi connectivity index (χ2n) is 5.26. The van der Waals surface area contributed by atoms with Crippen molar-refractivity contribution in [1.29, 1.82) is 0 Å². The van der Waals surface area contributed by atoms with Crippen LogP contribution < -0.4 is 5.56 Å². The van der Waals surface area contributed by atoms with Crippen LogP contribution in [0.1, 0.15) is 32.1 Å². The molecule has 1 aromatic heterocycles. The van der Waals surface area contributed by atoms with Gasteiger partial charge in [0.15, 0.2) is 0 Å². The number of H-pyrrole nitrogens is 1. The molecule has 104 valence electrons. The molecule has 0 aliphatic heterocycles. The summed E-state index contributed by atoms with van der Waals surface area (Å²) in [4.78, 5) is 15.4. The lowest BCUT2D eigenvalue weighted by Gasteiger charge is -2.16. The molecule has 20 heavy (non-hydrogen) atoms. The summed E-state index contributed by atoms with van der Waals surface area (Å²) in [5.41, 5.74) is 0.600. The predicted octanol–water partition coefficient (Wildman–Crippen LogP) is 3.47. The van der Waals surface area contributed by atoms with Gasteiger partial charge in [-0.2, -0.15) is 9.78 Å². The average molecular weight is 287 g/mol. The van der Waals surface area contributed by atoms with Crippen LogP contribution in [0.5, 0.6) is 0 Å². The Hall–Kier alpha value is -1.75. The highest BCUT2D eigenvalue weighted by atomic mass is 32.1. The first-order valence-electron chi connectivity index (χ1n) is 7.04. The number of nitrogens with zero attached hydrogens (tertiary/aromatic N) is 2. The van der Waals surface area contributed by atoms with E-state index in [1.807, 2.05) is 24.4 Å². The number of fused-ring (bicyclic) bond motifs is 1. The highest BCUT2D eigenvalue weighted by Crippen LogP contribution is 2.21. The molecular weight excluding hydrogens is 270 g/mol. The normalized spacial score (nSPS) is 17.0. The molecule has 0 saturated heterocycles. The van der Waals surface area contributed by atoms with Crippen molar-refractivity contribution in [2.45, 2.75) is 32.1 Å². The van der Waals surface area contributed by atoms with Crippen LogP contribution in [0.25, 0.3) is 10.9 Å². The summed E-state index contributed by atoms with van der Waals surface area (Å²) in [7, 11) is 0. The number of aromatic nitrogens is 2. The molecule has 0 amide bonds. The van der Waals surface area contributed by atoms with Crippen molar-refractivity contribution in [3.8, 4) is 0 Å². The smallest absolute Gasteiger partial charge is 0.282 e. The van der Waals surface area contributed by atoms with Gasteiger partial charge in [0.05, 0.1) is 10.9 Å². The van der Waals surface area contributed by atoms with Crippen LogP contribution in [-0.2, 0) is 0 Å². The van der Waals surface area contributed by atoms with E-state index >= 15 is 0 Å². The minimum absolute atomic E-state index is 0.156. The van der Waals surface area contributed by atoms with Crippen molar-refractivity contribution in [2.75, 3.05) is 0 Å². The fraction of sp³-hybridized carbons (Fsp3) is 0.400. The second kappa shape index (κ2) is 5.71. The maximum Gasteiger partial charge on any atom is 0.282 e. The SMILES string of the molecule is O=c1c2ccccc2[nH]c(=S)n1/N=C\C1CCCCC1. The van der Waals surface area contributed by atoms with Gasteiger partial charge in [-0.15, -0.1) is 0 Å². The Kier molecular flexibility index (Phi) is 3.78. The van der Waals surface area contributed by atoms with Crippen LogP contribution in [0.2, 0.25) is 0 Å². The zero-order valence-electron chi connectivity index (χ0n) is 11.2. The van der Waals surface area contributed by atoms with Crippen molar-refractivity contribution in [3.63, 3.8) is 0 Å². The average Bonchev–Trinajstić information content (AvgIpc) is 2.48. The molecule has 3 rings (SSSR count). The van der Waals surface area contributed by atoms with Gasteiger partial charge in [0.2, 0.25) is 4.77 Å². The maximum atomic E-state index is 12.4. The summed E-state index contributed by atoms with van der Waals surface area (Å²) in [5.74, 6) is 0.469. The van der Waals surface area contributed by atoms with Gasteiger partial charge in [-0.3, -0.25) is 4.79 Å². The van der Waals surface area contributed by atoms with Crippen LogP contribution >= 0.6 is 12.2 Å². The van der Waals surface area contributed by atoms with Crippen molar-refractivity contribution >= 4 is 29.3 Å². The Morgan fingerprint density at radius 3 is 2.80 bits per heavy atom. The van der Waals surface area contributed by atoms with Gasteiger partial charge in [-0.05, 0) is 43.1 Å². The van der Waals surface area contributed by atoms with E-state index in [1.165, 1.54) is 23.9 Å². The summed E-state index contributed by atoms with van der Waals surface area (Å²) in [6, 6.07) is 7.36. The van der Waals surface area contributed by atoms with Crippen molar-refractivity contribution in [3.05, 3.63) is 39.4 Å². The lowest BCUT2D eigenvalue weighted by atomic mass is 9.90. The first-order chi connectivity index (χ1) is 9.75. The Balaban J connectivity index is 2.01. The minimum atomic E-state index is -0.156. The van der Waals surface area contributed by atoms with E-state index in [-0.39, 0.29) is 5.56 Å². The molecule has 1 N–H and O–H groups in total. The molecule has 0 bridgehead atoms. The number of benzene rings is 1. The lowest BCUT2D eigenvalue weighted by Crippen LogP contribution is -2.19. The molecule has 4 nitrogen and oxygen atoms in total. The zero-order chi connectivity index (χ0) is 13.9. The van der Waals surface area contributed by atoms with Gasteiger partial charge in [0.25, 0.3) is 5.56 Å². The molecule has 1 aliphatic carbocycles. The van der Waals surface area contributed by atoms with Crippen LogP contribution in [0, 0.1) is 10.7 Å². The Morgan fingerprint density at radius 1 is 1.25 bits per heavy atom. The molecule has 1 heterocycles. The van der Waals surface area contributed by atoms with Crippen molar-refractivity contribution in [2.24, 2.45) is 11.0 Å². The first kappa shape index (κ1) is 13.2. The molecule has 1 fully saturated rings. The van der Waals surface area contributed by atoms with Crippen LogP contribution in [0.3, 0.4) is 0 Å². The van der Waals surface area contributed by atoms with Crippen LogP contribution in [-0.4, -0.2) is 15.9 Å². The molecule has 2 aromatic rings. The Bertz CT molecular complexity index is 754. The Labute approximate surface area is 122 Å². The standard InChI is InChI=1S/C15H17N3OS/c19-14-12-8-4-5-9-13(12)17-15(20)18(14)16-10-11-6-2-1-3-7-11/h4-5,8-11H,1-3,6-7H2,(H,17,20)/b16-10-. The molecule has 5 heteroatoms. The lowest BCUT2D eigenvalue weighted by molar-refractivity contribution is 0.443. The van der Waals surface area contributed by atoms with Crippen LogP contribution in [0.15, 0.2) is 34.2 Å². The largest absolute Gasteiger partial charge is 0.330 e. The summed E-state index contributed by atoms with van der Waals surface area (Å²) >= 11 is 5.23. The second-order valence-corrected chi connectivity index (χ2v) is 5.64. The highest BCUT2D eigenvalue weighted by Gasteiger charge is 2.11. The van der Waals surface area contributed by atoms with Gasteiger partial charge < -0.3 is 4.98 Å². The molecular formula is C15H17N3OS. The van der Waals surface area contributed by atoms with Gasteiger partial charge in [-0.25, -0.2) is 0 Å². The number of hydrogen-bond acceptors (Lipinski definition) is 3. The third-order valence-electron chi connectivity index (χ3n) is 3.83. The fourth-order valence-electron chi connectivity index (χ4n) is 2.70. The maximum absolute atomic E-state index is 12.4. The van der Waals surface area contributed by atoms with Crippen LogP contribution in [0.4, 0.5) is 0 Å². The monoisotopic (exact) mass is 287 g/mol. The van der Waals surface area contributed by atoms with E-state index in [0.29, 0.717) is 16.1 Å². The van der Waals surface area contributed by atoms with E-state index in [4.69, 9.17) is 12.2 Å². The third-order valence-corrected chi connectivity index (χ3v) is 4.10. The minimum Gasteiger partial charge on any atom is -0.330 e. The summed E-state index contributed by atoms with van der Waals surface area (Å²) < 4.78 is 1.65. The number of para-hydroxylation sites is 1. The summed E-state index contributed by atoms with van der Waals surface area (Å²) in [5, 5.41) is 4.94. The molecule has 1 aromatic carbocycles. The van der Waals surface area contributed by atoms with E-state index in [2.05, 4.69) is 10.1 Å². The highest BCUT2D eigenvalue weighted by molar-refractivity contribution is 7.71. The van der Waals surface area contributed by atoms with Gasteiger partial charge >= 0.3 is 0 Å². The summed E-state index contributed by atoms with van der Waals surface area (Å²) in [6.45, 7) is 0. The van der Waals surface area contributed by atoms with Crippen molar-refractivity contribution in [1.82, 2.24) is 9.66 Å². The number of aromatic amines is 1. The molecule has 1 saturated carbocycles. The topological polar surface area (TPSA) is 50.1 Å². The first-order valence-corrected chi connectivity index (χ1v) is 7.45. The summed E-state index contributed by atoms with van der Waals surface area (Å²) in [6.07, 6.45) is 8.00. The van der Waals surface area contributed by atoms with Gasteiger partial charge in [-0.1, -0.05) is 31.4 Å². The van der Waals surface area contributed by atoms with E-state index < -0.39 is 0 Å². The number of nitrogens with one attached hydrogen (secondary N) is 1. The van der Waals surface area contributed by atoms with E-state index in [9.17, 15) is 4.79 Å². The third kappa shape index (κ3) is 2.58. The fourth-order valence-corrected chi connectivity index (χ4v) is 2.94. The van der Waals surface area contributed by atoms with Crippen molar-refractivity contribution < 1.29 is 0 Å². The number of hydrogen-bond donors (Lipinski definition) is 1. The molecule has 0 atom stereocenters. The van der Waals surface area contributed by atoms with E-state index in [0.717, 1.165) is 18.4 Å². The quantitative estimate of drug-likeness (QED) is 0.679. The Morgan fingerprint density at radius 2 is 2.00 bits per heavy atom. The van der Waals surface area contributed by atoms with Gasteiger partial charge in [0, 0.05) is 6.21 Å². The van der Waals surface area contributed by atoms with Gasteiger partial charge in [0.1, 0.15) is 0 Å². The predicted molar refractivity (Wildman–Crippen MR) is 83.9 cm³/mol.